The molecule has 1 nitrogen and oxygen atoms in total. The van der Waals surface area contributed by atoms with Gasteiger partial charge in [-0.05, 0) is 13.3 Å². The Morgan fingerprint density at radius 3 is 1.75 bits per heavy atom. The van der Waals surface area contributed by atoms with Crippen LogP contribution in [0.25, 0.3) is 0 Å². The molecular weight excluding hydrogens is 224 g/mol. The molecule has 0 aliphatic carbocycles. The summed E-state index contributed by atoms with van der Waals surface area (Å²) in [5.41, 5.74) is -1.66. The maximum Gasteiger partial charge on any atom is 0.167 e. The lowest BCUT2D eigenvalue weighted by molar-refractivity contribution is 0.262. The van der Waals surface area contributed by atoms with Crippen LogP contribution in [0, 0.1) is 23.3 Å². The van der Waals surface area contributed by atoms with E-state index in [1.165, 1.54) is 12.2 Å². The minimum Gasteiger partial charge on any atom is -0.391 e. The predicted octanol–water partition coefficient (Wildman–Crippen LogP) is 2.85. The van der Waals surface area contributed by atoms with Crippen molar-refractivity contribution < 1.29 is 22.7 Å². The summed E-state index contributed by atoms with van der Waals surface area (Å²) in [5.74, 6) is -6.00. The van der Waals surface area contributed by atoms with Gasteiger partial charge < -0.3 is 5.11 Å². The second-order valence-electron chi connectivity index (χ2n) is 3.14. The fraction of sp³-hybridized carbons (Fsp3) is 0.273. The molecule has 0 heterocycles. The first-order chi connectivity index (χ1) is 7.54. The average molecular weight is 234 g/mol. The summed E-state index contributed by atoms with van der Waals surface area (Å²) >= 11 is 0. The van der Waals surface area contributed by atoms with Crippen molar-refractivity contribution in [3.05, 3.63) is 46.5 Å². The normalized spacial score (nSPS) is 11.4. The third kappa shape index (κ3) is 2.09. The second kappa shape index (κ2) is 5.12. The Balaban J connectivity index is 3.40. The molecule has 88 valence electrons. The van der Waals surface area contributed by atoms with Gasteiger partial charge in [0.25, 0.3) is 0 Å². The molecule has 0 amide bonds. The minimum absolute atomic E-state index is 0.242. The van der Waals surface area contributed by atoms with Crippen molar-refractivity contribution in [1.82, 2.24) is 0 Å². The van der Waals surface area contributed by atoms with E-state index in [0.717, 1.165) is 0 Å². The van der Waals surface area contributed by atoms with Crippen LogP contribution in [0.5, 0.6) is 0 Å². The summed E-state index contributed by atoms with van der Waals surface area (Å²) < 4.78 is 52.9. The molecule has 16 heavy (non-hydrogen) atoms. The number of hydrogen-bond donors (Lipinski definition) is 1. The largest absolute Gasteiger partial charge is 0.391 e. The molecule has 0 bridgehead atoms. The molecule has 0 aliphatic rings. The number of rotatable bonds is 3. The first-order valence-electron chi connectivity index (χ1n) is 4.60. The Labute approximate surface area is 90.0 Å². The van der Waals surface area contributed by atoms with Crippen LogP contribution >= 0.6 is 0 Å². The van der Waals surface area contributed by atoms with Crippen LogP contribution in [0.4, 0.5) is 17.6 Å². The van der Waals surface area contributed by atoms with Gasteiger partial charge in [-0.15, -0.1) is 0 Å². The standard InChI is InChI=1S/C11H10F4O/c1-2-3-4-6-8(12)10(14)7(5-16)11(15)9(6)13/h2-3,16H,4-5H2,1H3/b3-2+. The minimum atomic E-state index is -1.54. The number of allylic oxidation sites excluding steroid dienone is 2. The third-order valence-corrected chi connectivity index (χ3v) is 2.16. The molecule has 1 rings (SSSR count). The van der Waals surface area contributed by atoms with Crippen LogP contribution in [0.3, 0.4) is 0 Å². The summed E-state index contributed by atoms with van der Waals surface area (Å²) in [7, 11) is 0. The van der Waals surface area contributed by atoms with Crippen molar-refractivity contribution in [3.8, 4) is 0 Å². The molecule has 0 saturated heterocycles. The lowest BCUT2D eigenvalue weighted by Gasteiger charge is -2.08. The van der Waals surface area contributed by atoms with Crippen molar-refractivity contribution in [3.63, 3.8) is 0 Å². The molecule has 0 aliphatic heterocycles. The Hall–Kier alpha value is -1.36. The monoisotopic (exact) mass is 234 g/mol. The highest BCUT2D eigenvalue weighted by molar-refractivity contribution is 5.30. The molecule has 1 aromatic rings. The molecule has 0 fully saturated rings. The quantitative estimate of drug-likeness (QED) is 0.484. The van der Waals surface area contributed by atoms with Crippen molar-refractivity contribution in [1.29, 1.82) is 0 Å². The lowest BCUT2D eigenvalue weighted by atomic mass is 10.1. The van der Waals surface area contributed by atoms with Crippen molar-refractivity contribution >= 4 is 0 Å². The lowest BCUT2D eigenvalue weighted by Crippen LogP contribution is -2.08. The zero-order valence-corrected chi connectivity index (χ0v) is 8.53. The van der Waals surface area contributed by atoms with Crippen molar-refractivity contribution in [2.75, 3.05) is 0 Å². The van der Waals surface area contributed by atoms with Gasteiger partial charge in [0.15, 0.2) is 23.3 Å². The fourth-order valence-corrected chi connectivity index (χ4v) is 1.28. The number of aliphatic hydroxyl groups is 1. The molecule has 0 saturated carbocycles. The summed E-state index contributed by atoms with van der Waals surface area (Å²) in [4.78, 5) is 0. The van der Waals surface area contributed by atoms with Gasteiger partial charge >= 0.3 is 0 Å². The number of halogens is 4. The van der Waals surface area contributed by atoms with E-state index >= 15 is 0 Å². The van der Waals surface area contributed by atoms with Crippen molar-refractivity contribution in [2.24, 2.45) is 0 Å². The van der Waals surface area contributed by atoms with E-state index in [1.54, 1.807) is 6.92 Å². The smallest absolute Gasteiger partial charge is 0.167 e. The van der Waals surface area contributed by atoms with E-state index in [4.69, 9.17) is 5.11 Å². The third-order valence-electron chi connectivity index (χ3n) is 2.16. The van der Waals surface area contributed by atoms with Gasteiger partial charge in [-0.2, -0.15) is 0 Å². The summed E-state index contributed by atoms with van der Waals surface area (Å²) in [6.07, 6.45) is 2.64. The molecule has 1 N–H and O–H groups in total. The Bertz CT molecular complexity index is 397. The number of benzene rings is 1. The van der Waals surface area contributed by atoms with E-state index in [1.807, 2.05) is 0 Å². The van der Waals surface area contributed by atoms with Crippen LogP contribution in [0.15, 0.2) is 12.2 Å². The van der Waals surface area contributed by atoms with Gasteiger partial charge in [0.05, 0.1) is 12.2 Å². The second-order valence-corrected chi connectivity index (χ2v) is 3.14. The van der Waals surface area contributed by atoms with Crippen molar-refractivity contribution in [2.45, 2.75) is 20.0 Å². The van der Waals surface area contributed by atoms with E-state index in [9.17, 15) is 17.6 Å². The van der Waals surface area contributed by atoms with Crippen LogP contribution in [-0.2, 0) is 13.0 Å². The molecule has 5 heteroatoms. The zero-order chi connectivity index (χ0) is 12.3. The van der Waals surface area contributed by atoms with E-state index < -0.39 is 41.0 Å². The highest BCUT2D eigenvalue weighted by Crippen LogP contribution is 2.24. The van der Waals surface area contributed by atoms with Crippen LogP contribution < -0.4 is 0 Å². The Morgan fingerprint density at radius 1 is 0.938 bits per heavy atom. The van der Waals surface area contributed by atoms with Gasteiger partial charge in [0.2, 0.25) is 0 Å². The Kier molecular flexibility index (Phi) is 4.06. The predicted molar refractivity (Wildman–Crippen MR) is 50.7 cm³/mol. The van der Waals surface area contributed by atoms with Gasteiger partial charge in [0, 0.05) is 5.56 Å². The number of aliphatic hydroxyl groups excluding tert-OH is 1. The summed E-state index contributed by atoms with van der Waals surface area (Å²) in [6, 6.07) is 0. The average Bonchev–Trinajstić information content (AvgIpc) is 2.27. The van der Waals surface area contributed by atoms with Gasteiger partial charge in [-0.3, -0.25) is 0 Å². The number of hydrogen-bond acceptors (Lipinski definition) is 1. The molecule has 0 spiro atoms. The fourth-order valence-electron chi connectivity index (χ4n) is 1.28. The summed E-state index contributed by atoms with van der Waals surface area (Å²) in [5, 5.41) is 8.59. The maximum atomic E-state index is 13.3. The van der Waals surface area contributed by atoms with Gasteiger partial charge in [-0.25, -0.2) is 17.6 Å². The molecular formula is C11H10F4O. The first-order valence-corrected chi connectivity index (χ1v) is 4.60. The molecule has 0 unspecified atom stereocenters. The highest BCUT2D eigenvalue weighted by atomic mass is 19.2. The van der Waals surface area contributed by atoms with E-state index in [2.05, 4.69) is 0 Å². The SMILES string of the molecule is C/C=C/Cc1c(F)c(F)c(CO)c(F)c1F. The maximum absolute atomic E-state index is 13.3. The van der Waals surface area contributed by atoms with Crippen LogP contribution in [0.1, 0.15) is 18.1 Å². The molecule has 0 atom stereocenters. The highest BCUT2D eigenvalue weighted by Gasteiger charge is 2.23. The van der Waals surface area contributed by atoms with Crippen LogP contribution in [-0.4, -0.2) is 5.11 Å². The zero-order valence-electron chi connectivity index (χ0n) is 8.53. The van der Waals surface area contributed by atoms with Crippen LogP contribution in [0.2, 0.25) is 0 Å². The van der Waals surface area contributed by atoms with Gasteiger partial charge in [-0.1, -0.05) is 12.2 Å². The first kappa shape index (κ1) is 12.7. The van der Waals surface area contributed by atoms with Gasteiger partial charge in [0.1, 0.15) is 0 Å². The topological polar surface area (TPSA) is 20.2 Å². The van der Waals surface area contributed by atoms with E-state index in [-0.39, 0.29) is 6.42 Å². The Morgan fingerprint density at radius 2 is 1.38 bits per heavy atom. The molecule has 0 aromatic heterocycles. The summed E-state index contributed by atoms with van der Waals surface area (Å²) in [6.45, 7) is 0.528. The molecule has 1 aromatic carbocycles. The molecule has 0 radical (unpaired) electrons. The van der Waals surface area contributed by atoms with E-state index in [0.29, 0.717) is 0 Å².